The van der Waals surface area contributed by atoms with Crippen LogP contribution in [0.2, 0.25) is 0 Å². The predicted octanol–water partition coefficient (Wildman–Crippen LogP) is -2.07. The third-order valence-corrected chi connectivity index (χ3v) is 1.42. The number of aliphatic carboxylic acids is 1. The molecule has 0 rings (SSSR count). The van der Waals surface area contributed by atoms with E-state index in [2.05, 4.69) is 17.6 Å². The molecule has 0 heterocycles. The van der Waals surface area contributed by atoms with Crippen LogP contribution in [0.3, 0.4) is 0 Å². The second kappa shape index (κ2) is 3.44. The fourth-order valence-electron chi connectivity index (χ4n) is 0.381. The molecule has 1 atom stereocenters. The summed E-state index contributed by atoms with van der Waals surface area (Å²) in [6, 6.07) is 0. The molecule has 7 N–H and O–H groups in total. The van der Waals surface area contributed by atoms with E-state index in [4.69, 9.17) is 22.3 Å². The lowest BCUT2D eigenvalue weighted by atomic mass is 10.2. The number of carboxylic acids is 1. The Morgan fingerprint density at radius 1 is 1.64 bits per heavy atom. The summed E-state index contributed by atoms with van der Waals surface area (Å²) < 4.78 is 0. The van der Waals surface area contributed by atoms with Gasteiger partial charge in [0.15, 0.2) is 5.96 Å². The van der Waals surface area contributed by atoms with Gasteiger partial charge < -0.3 is 16.6 Å². The standard InChI is InChI=1S/C4H10N4O2S/c5-3(6)8-4(7,1-11)2(9)10/h11H,1,7H2,(H,9,10)(H4,5,6,8). The molecule has 0 aliphatic rings. The minimum absolute atomic E-state index is 0.166. The highest BCUT2D eigenvalue weighted by atomic mass is 32.1. The van der Waals surface area contributed by atoms with Crippen LogP contribution in [0.1, 0.15) is 0 Å². The van der Waals surface area contributed by atoms with Crippen molar-refractivity contribution < 1.29 is 9.90 Å². The maximum absolute atomic E-state index is 10.4. The number of nitrogens with zero attached hydrogens (tertiary/aromatic N) is 1. The molecule has 1 unspecified atom stereocenters. The van der Waals surface area contributed by atoms with Crippen LogP contribution in [0.4, 0.5) is 0 Å². The topological polar surface area (TPSA) is 128 Å². The molecule has 0 bridgehead atoms. The van der Waals surface area contributed by atoms with Crippen molar-refractivity contribution in [1.82, 2.24) is 0 Å². The fourth-order valence-corrected chi connectivity index (χ4v) is 0.587. The van der Waals surface area contributed by atoms with Crippen LogP contribution < -0.4 is 17.2 Å². The highest BCUT2D eigenvalue weighted by molar-refractivity contribution is 7.80. The minimum atomic E-state index is -1.82. The molecule has 11 heavy (non-hydrogen) atoms. The van der Waals surface area contributed by atoms with Crippen molar-refractivity contribution in [3.8, 4) is 0 Å². The third-order valence-electron chi connectivity index (χ3n) is 0.940. The number of thiol groups is 1. The highest BCUT2D eigenvalue weighted by Gasteiger charge is 2.31. The van der Waals surface area contributed by atoms with Crippen LogP contribution in [0.25, 0.3) is 0 Å². The van der Waals surface area contributed by atoms with E-state index in [1.807, 2.05) is 0 Å². The monoisotopic (exact) mass is 178 g/mol. The van der Waals surface area contributed by atoms with Crippen LogP contribution in [0.15, 0.2) is 4.99 Å². The number of aliphatic imine (C=N–C) groups is 1. The second-order valence-corrected chi connectivity index (χ2v) is 2.24. The molecule has 0 saturated carbocycles. The van der Waals surface area contributed by atoms with E-state index in [0.717, 1.165) is 0 Å². The number of carbonyl (C=O) groups is 1. The van der Waals surface area contributed by atoms with Gasteiger partial charge in [-0.1, -0.05) is 0 Å². The van der Waals surface area contributed by atoms with E-state index in [0.29, 0.717) is 0 Å². The number of carboxylic acid groups (broad SMARTS) is 1. The number of nitrogens with two attached hydrogens (primary N) is 3. The lowest BCUT2D eigenvalue weighted by Crippen LogP contribution is -2.50. The molecule has 0 aromatic heterocycles. The Morgan fingerprint density at radius 3 is 2.18 bits per heavy atom. The zero-order chi connectivity index (χ0) is 9.07. The van der Waals surface area contributed by atoms with Crippen LogP contribution in [-0.4, -0.2) is 28.5 Å². The van der Waals surface area contributed by atoms with Gasteiger partial charge in [-0.3, -0.25) is 5.73 Å². The van der Waals surface area contributed by atoms with Gasteiger partial charge in [0.25, 0.3) is 0 Å². The van der Waals surface area contributed by atoms with E-state index in [9.17, 15) is 4.79 Å². The van der Waals surface area contributed by atoms with Crippen LogP contribution in [0, 0.1) is 0 Å². The Bertz CT molecular complexity index is 191. The molecule has 6 nitrogen and oxygen atoms in total. The largest absolute Gasteiger partial charge is 0.478 e. The van der Waals surface area contributed by atoms with Crippen molar-refractivity contribution in [1.29, 1.82) is 0 Å². The number of guanidine groups is 1. The Kier molecular flexibility index (Phi) is 3.15. The maximum Gasteiger partial charge on any atom is 0.347 e. The van der Waals surface area contributed by atoms with E-state index in [1.165, 1.54) is 0 Å². The van der Waals surface area contributed by atoms with Gasteiger partial charge in [0.1, 0.15) is 0 Å². The van der Waals surface area contributed by atoms with Crippen molar-refractivity contribution in [2.75, 3.05) is 5.75 Å². The molecule has 0 fully saturated rings. The first-order valence-electron chi connectivity index (χ1n) is 2.66. The molecular weight excluding hydrogens is 168 g/mol. The Morgan fingerprint density at radius 2 is 2.09 bits per heavy atom. The molecule has 0 aliphatic carbocycles. The summed E-state index contributed by atoms with van der Waals surface area (Å²) in [4.78, 5) is 13.7. The Labute approximate surface area is 68.9 Å². The summed E-state index contributed by atoms with van der Waals surface area (Å²) in [6.45, 7) is 0. The molecule has 0 aliphatic heterocycles. The summed E-state index contributed by atoms with van der Waals surface area (Å²) in [5.74, 6) is -1.86. The van der Waals surface area contributed by atoms with E-state index >= 15 is 0 Å². The van der Waals surface area contributed by atoms with Crippen LogP contribution in [0.5, 0.6) is 0 Å². The van der Waals surface area contributed by atoms with Gasteiger partial charge in [-0.05, 0) is 0 Å². The minimum Gasteiger partial charge on any atom is -0.478 e. The highest BCUT2D eigenvalue weighted by Crippen LogP contribution is 2.04. The average molecular weight is 178 g/mol. The lowest BCUT2D eigenvalue weighted by Gasteiger charge is -2.16. The predicted molar refractivity (Wildman–Crippen MR) is 44.2 cm³/mol. The molecule has 0 aromatic rings. The maximum atomic E-state index is 10.4. The molecule has 0 aromatic carbocycles. The molecule has 0 radical (unpaired) electrons. The van der Waals surface area contributed by atoms with Gasteiger partial charge in [0.05, 0.1) is 0 Å². The van der Waals surface area contributed by atoms with Crippen molar-refractivity contribution in [2.24, 2.45) is 22.2 Å². The number of hydrogen-bond acceptors (Lipinski definition) is 4. The van der Waals surface area contributed by atoms with Crippen molar-refractivity contribution in [3.63, 3.8) is 0 Å². The Balaban J connectivity index is 4.62. The van der Waals surface area contributed by atoms with Gasteiger partial charge in [0, 0.05) is 5.75 Å². The number of rotatable bonds is 3. The molecule has 0 spiro atoms. The molecule has 0 saturated heterocycles. The zero-order valence-corrected chi connectivity index (χ0v) is 6.58. The molecule has 0 amide bonds. The van der Waals surface area contributed by atoms with E-state index in [-0.39, 0.29) is 11.7 Å². The summed E-state index contributed by atoms with van der Waals surface area (Å²) in [5, 5.41) is 8.49. The van der Waals surface area contributed by atoms with Crippen LogP contribution in [-0.2, 0) is 4.79 Å². The number of hydrogen-bond donors (Lipinski definition) is 5. The first kappa shape index (κ1) is 10.0. The average Bonchev–Trinajstić information content (AvgIpc) is 1.86. The van der Waals surface area contributed by atoms with Gasteiger partial charge in [-0.2, -0.15) is 12.6 Å². The van der Waals surface area contributed by atoms with Crippen molar-refractivity contribution in [2.45, 2.75) is 5.66 Å². The summed E-state index contributed by atoms with van der Waals surface area (Å²) in [5.41, 5.74) is 13.3. The summed E-state index contributed by atoms with van der Waals surface area (Å²) in [6.07, 6.45) is 0. The fraction of sp³-hybridized carbons (Fsp3) is 0.500. The first-order valence-corrected chi connectivity index (χ1v) is 3.29. The normalized spacial score (nSPS) is 15.1. The van der Waals surface area contributed by atoms with Crippen molar-refractivity contribution in [3.05, 3.63) is 0 Å². The van der Waals surface area contributed by atoms with Crippen molar-refractivity contribution >= 4 is 24.6 Å². The summed E-state index contributed by atoms with van der Waals surface area (Å²) >= 11 is 3.69. The van der Waals surface area contributed by atoms with E-state index < -0.39 is 11.6 Å². The first-order chi connectivity index (χ1) is 4.92. The quantitative estimate of drug-likeness (QED) is 0.193. The zero-order valence-electron chi connectivity index (χ0n) is 5.69. The van der Waals surface area contributed by atoms with E-state index in [1.54, 1.807) is 0 Å². The summed E-state index contributed by atoms with van der Waals surface area (Å²) in [7, 11) is 0. The van der Waals surface area contributed by atoms with Crippen LogP contribution >= 0.6 is 12.6 Å². The lowest BCUT2D eigenvalue weighted by molar-refractivity contribution is -0.142. The van der Waals surface area contributed by atoms with Gasteiger partial charge in [-0.15, -0.1) is 0 Å². The molecule has 64 valence electrons. The van der Waals surface area contributed by atoms with Gasteiger partial charge in [0.2, 0.25) is 5.66 Å². The van der Waals surface area contributed by atoms with Gasteiger partial charge >= 0.3 is 5.97 Å². The third kappa shape index (κ3) is 2.64. The smallest absolute Gasteiger partial charge is 0.347 e. The SMILES string of the molecule is NC(N)=NC(N)(CS)C(=O)O. The van der Waals surface area contributed by atoms with Gasteiger partial charge in [-0.25, -0.2) is 9.79 Å². The molecule has 7 heteroatoms. The Hall–Kier alpha value is -0.950. The second-order valence-electron chi connectivity index (χ2n) is 1.92. The molecular formula is C4H10N4O2S.